The minimum Gasteiger partial charge on any atom is -0.485 e. The lowest BCUT2D eigenvalue weighted by atomic mass is 9.98. The van der Waals surface area contributed by atoms with Crippen molar-refractivity contribution >= 4 is 5.91 Å². The van der Waals surface area contributed by atoms with Gasteiger partial charge in [-0.1, -0.05) is 12.1 Å². The molecule has 0 spiro atoms. The van der Waals surface area contributed by atoms with Gasteiger partial charge < -0.3 is 20.1 Å². The van der Waals surface area contributed by atoms with E-state index in [2.05, 4.69) is 0 Å². The molecule has 1 aromatic carbocycles. The van der Waals surface area contributed by atoms with Crippen LogP contribution in [0.3, 0.4) is 0 Å². The molecule has 3 unspecified atom stereocenters. The average Bonchev–Trinajstić information content (AvgIpc) is 2.46. The van der Waals surface area contributed by atoms with Gasteiger partial charge in [-0.15, -0.1) is 0 Å². The van der Waals surface area contributed by atoms with Crippen LogP contribution in [0.2, 0.25) is 0 Å². The molecule has 1 amide bonds. The minimum absolute atomic E-state index is 0.00102. The zero-order valence-corrected chi connectivity index (χ0v) is 11.6. The lowest BCUT2D eigenvalue weighted by Crippen LogP contribution is -2.54. The number of ether oxygens (including phenoxy) is 2. The SMILES string of the molecule is CC1CC(N)CCN1C(=O)C1COc2ccccc2O1. The van der Waals surface area contributed by atoms with Gasteiger partial charge in [0, 0.05) is 18.6 Å². The van der Waals surface area contributed by atoms with E-state index in [1.54, 1.807) is 0 Å². The first-order chi connectivity index (χ1) is 9.65. The molecule has 2 aliphatic heterocycles. The predicted molar refractivity (Wildman–Crippen MR) is 74.7 cm³/mol. The molecule has 5 heteroatoms. The van der Waals surface area contributed by atoms with E-state index in [-0.39, 0.29) is 24.6 Å². The number of benzene rings is 1. The lowest BCUT2D eigenvalue weighted by molar-refractivity contribution is -0.144. The Morgan fingerprint density at radius 2 is 2.10 bits per heavy atom. The van der Waals surface area contributed by atoms with E-state index >= 15 is 0 Å². The lowest BCUT2D eigenvalue weighted by Gasteiger charge is -2.39. The molecule has 1 saturated heterocycles. The highest BCUT2D eigenvalue weighted by atomic mass is 16.6. The van der Waals surface area contributed by atoms with Gasteiger partial charge in [0.15, 0.2) is 11.5 Å². The van der Waals surface area contributed by atoms with Crippen molar-refractivity contribution in [1.82, 2.24) is 4.90 Å². The number of para-hydroxylation sites is 2. The number of amides is 1. The van der Waals surface area contributed by atoms with Gasteiger partial charge in [-0.3, -0.25) is 4.79 Å². The number of fused-ring (bicyclic) bond motifs is 1. The summed E-state index contributed by atoms with van der Waals surface area (Å²) in [5.74, 6) is 1.34. The summed E-state index contributed by atoms with van der Waals surface area (Å²) in [4.78, 5) is 14.4. The largest absolute Gasteiger partial charge is 0.485 e. The smallest absolute Gasteiger partial charge is 0.267 e. The van der Waals surface area contributed by atoms with Crippen molar-refractivity contribution in [1.29, 1.82) is 0 Å². The van der Waals surface area contributed by atoms with E-state index in [4.69, 9.17) is 15.2 Å². The van der Waals surface area contributed by atoms with Crippen LogP contribution >= 0.6 is 0 Å². The monoisotopic (exact) mass is 276 g/mol. The molecule has 0 radical (unpaired) electrons. The van der Waals surface area contributed by atoms with Crippen molar-refractivity contribution in [2.24, 2.45) is 5.73 Å². The number of nitrogens with two attached hydrogens (primary N) is 1. The van der Waals surface area contributed by atoms with Crippen LogP contribution in [-0.2, 0) is 4.79 Å². The first-order valence-electron chi connectivity index (χ1n) is 7.09. The summed E-state index contributed by atoms with van der Waals surface area (Å²) in [5.41, 5.74) is 5.94. The Labute approximate surface area is 118 Å². The molecule has 3 rings (SSSR count). The van der Waals surface area contributed by atoms with E-state index in [1.807, 2.05) is 36.1 Å². The molecule has 2 N–H and O–H groups in total. The Kier molecular flexibility index (Phi) is 3.53. The van der Waals surface area contributed by atoms with Crippen LogP contribution in [0.15, 0.2) is 24.3 Å². The van der Waals surface area contributed by atoms with Crippen molar-refractivity contribution in [2.75, 3.05) is 13.2 Å². The zero-order valence-electron chi connectivity index (χ0n) is 11.6. The number of carbonyl (C=O) groups is 1. The standard InChI is InChI=1S/C15H20N2O3/c1-10-8-11(16)6-7-17(10)15(18)14-9-19-12-4-2-3-5-13(12)20-14/h2-5,10-11,14H,6-9,16H2,1H3. The quantitative estimate of drug-likeness (QED) is 0.836. The van der Waals surface area contributed by atoms with E-state index in [0.29, 0.717) is 18.0 Å². The van der Waals surface area contributed by atoms with Crippen molar-refractivity contribution in [3.05, 3.63) is 24.3 Å². The number of carbonyl (C=O) groups excluding carboxylic acids is 1. The van der Waals surface area contributed by atoms with Gasteiger partial charge in [-0.2, -0.15) is 0 Å². The van der Waals surface area contributed by atoms with Crippen LogP contribution in [-0.4, -0.2) is 42.1 Å². The van der Waals surface area contributed by atoms with Gasteiger partial charge in [0.2, 0.25) is 6.10 Å². The maximum absolute atomic E-state index is 12.6. The van der Waals surface area contributed by atoms with Crippen LogP contribution in [0, 0.1) is 0 Å². The number of piperidine rings is 1. The summed E-state index contributed by atoms with van der Waals surface area (Å²) in [6.45, 7) is 3.00. The van der Waals surface area contributed by atoms with E-state index < -0.39 is 6.10 Å². The average molecular weight is 276 g/mol. The topological polar surface area (TPSA) is 64.8 Å². The van der Waals surface area contributed by atoms with Gasteiger partial charge in [0.05, 0.1) is 0 Å². The molecular formula is C15H20N2O3. The van der Waals surface area contributed by atoms with Crippen molar-refractivity contribution in [2.45, 2.75) is 38.0 Å². The third kappa shape index (κ3) is 2.45. The molecule has 0 bridgehead atoms. The van der Waals surface area contributed by atoms with Crippen molar-refractivity contribution < 1.29 is 14.3 Å². The normalized spacial score (nSPS) is 29.1. The molecular weight excluding hydrogens is 256 g/mol. The minimum atomic E-state index is -0.554. The van der Waals surface area contributed by atoms with Crippen LogP contribution in [0.25, 0.3) is 0 Å². The fourth-order valence-electron chi connectivity index (χ4n) is 2.86. The molecule has 3 atom stereocenters. The Hall–Kier alpha value is -1.75. The number of rotatable bonds is 1. The number of hydrogen-bond donors (Lipinski definition) is 1. The molecule has 20 heavy (non-hydrogen) atoms. The summed E-state index contributed by atoms with van der Waals surface area (Å²) in [6, 6.07) is 7.78. The van der Waals surface area contributed by atoms with Gasteiger partial charge in [0.1, 0.15) is 6.61 Å². The molecule has 108 valence electrons. The molecule has 0 aliphatic carbocycles. The van der Waals surface area contributed by atoms with Crippen molar-refractivity contribution in [3.63, 3.8) is 0 Å². The number of hydrogen-bond acceptors (Lipinski definition) is 4. The van der Waals surface area contributed by atoms with E-state index in [0.717, 1.165) is 12.8 Å². The Bertz CT molecular complexity index is 506. The summed E-state index contributed by atoms with van der Waals surface area (Å²) < 4.78 is 11.4. The molecule has 0 aromatic heterocycles. The fraction of sp³-hybridized carbons (Fsp3) is 0.533. The van der Waals surface area contributed by atoms with Gasteiger partial charge >= 0.3 is 0 Å². The predicted octanol–water partition coefficient (Wildman–Crippen LogP) is 1.16. The molecule has 1 fully saturated rings. The van der Waals surface area contributed by atoms with Gasteiger partial charge in [-0.25, -0.2) is 0 Å². The Morgan fingerprint density at radius 3 is 2.85 bits per heavy atom. The third-order valence-corrected chi connectivity index (χ3v) is 3.98. The fourth-order valence-corrected chi connectivity index (χ4v) is 2.86. The summed E-state index contributed by atoms with van der Waals surface area (Å²) >= 11 is 0. The van der Waals surface area contributed by atoms with Crippen LogP contribution < -0.4 is 15.2 Å². The molecule has 2 aliphatic rings. The molecule has 2 heterocycles. The maximum atomic E-state index is 12.6. The Balaban J connectivity index is 1.70. The van der Waals surface area contributed by atoms with Crippen LogP contribution in [0.4, 0.5) is 0 Å². The second-order valence-corrected chi connectivity index (χ2v) is 5.53. The number of nitrogens with zero attached hydrogens (tertiary/aromatic N) is 1. The highest BCUT2D eigenvalue weighted by Gasteiger charge is 2.35. The molecule has 1 aromatic rings. The second kappa shape index (κ2) is 5.32. The van der Waals surface area contributed by atoms with Crippen LogP contribution in [0.5, 0.6) is 11.5 Å². The number of likely N-dealkylation sites (tertiary alicyclic amines) is 1. The second-order valence-electron chi connectivity index (χ2n) is 5.53. The third-order valence-electron chi connectivity index (χ3n) is 3.98. The first kappa shape index (κ1) is 13.2. The first-order valence-corrected chi connectivity index (χ1v) is 7.09. The Morgan fingerprint density at radius 1 is 1.35 bits per heavy atom. The summed E-state index contributed by atoms with van der Waals surface area (Å²) in [7, 11) is 0. The molecule has 5 nitrogen and oxygen atoms in total. The highest BCUT2D eigenvalue weighted by Crippen LogP contribution is 2.31. The van der Waals surface area contributed by atoms with Gasteiger partial charge in [0.25, 0.3) is 5.91 Å². The van der Waals surface area contributed by atoms with Gasteiger partial charge in [-0.05, 0) is 31.9 Å². The van der Waals surface area contributed by atoms with E-state index in [1.165, 1.54) is 0 Å². The highest BCUT2D eigenvalue weighted by molar-refractivity contribution is 5.82. The van der Waals surface area contributed by atoms with E-state index in [9.17, 15) is 4.79 Å². The molecule has 0 saturated carbocycles. The maximum Gasteiger partial charge on any atom is 0.267 e. The summed E-state index contributed by atoms with van der Waals surface area (Å²) in [5, 5.41) is 0. The van der Waals surface area contributed by atoms with Crippen molar-refractivity contribution in [3.8, 4) is 11.5 Å². The summed E-state index contributed by atoms with van der Waals surface area (Å²) in [6.07, 6.45) is 1.14. The zero-order chi connectivity index (χ0) is 14.1. The van der Waals surface area contributed by atoms with Crippen LogP contribution in [0.1, 0.15) is 19.8 Å².